The third-order valence-electron chi connectivity index (χ3n) is 3.48. The van der Waals surface area contributed by atoms with Gasteiger partial charge in [-0.05, 0) is 36.2 Å². The quantitative estimate of drug-likeness (QED) is 0.699. The maximum atomic E-state index is 12.9. The zero-order chi connectivity index (χ0) is 16.6. The van der Waals surface area contributed by atoms with Crippen LogP contribution in [0.15, 0.2) is 61.1 Å². The maximum absolute atomic E-state index is 12.9. The summed E-state index contributed by atoms with van der Waals surface area (Å²) in [4.78, 5) is 12.7. The monoisotopic (exact) mass is 323 g/mol. The van der Waals surface area contributed by atoms with Gasteiger partial charge in [-0.3, -0.25) is 4.98 Å². The summed E-state index contributed by atoms with van der Waals surface area (Å²) in [5, 5.41) is 6.47. The molecule has 6 heteroatoms. The molecule has 0 bridgehead atoms. The molecule has 0 fully saturated rings. The molecule has 0 saturated heterocycles. The average Bonchev–Trinajstić information content (AvgIpc) is 2.63. The van der Waals surface area contributed by atoms with Crippen LogP contribution in [0.3, 0.4) is 0 Å². The molecule has 3 rings (SSSR count). The first-order chi connectivity index (χ1) is 11.8. The predicted octanol–water partition coefficient (Wildman–Crippen LogP) is 3.28. The van der Waals surface area contributed by atoms with Gasteiger partial charge in [-0.15, -0.1) is 0 Å². The average molecular weight is 323 g/mol. The van der Waals surface area contributed by atoms with E-state index >= 15 is 0 Å². The first-order valence-electron chi connectivity index (χ1n) is 7.74. The summed E-state index contributed by atoms with van der Waals surface area (Å²) in [6, 6.07) is 14.2. The number of hydrogen-bond acceptors (Lipinski definition) is 5. The van der Waals surface area contributed by atoms with Gasteiger partial charge in [-0.25, -0.2) is 14.4 Å². The Morgan fingerprint density at radius 2 is 1.67 bits per heavy atom. The van der Waals surface area contributed by atoms with Gasteiger partial charge in [0.1, 0.15) is 23.8 Å². The van der Waals surface area contributed by atoms with Crippen molar-refractivity contribution in [1.82, 2.24) is 15.0 Å². The molecule has 122 valence electrons. The fourth-order valence-electron chi connectivity index (χ4n) is 2.22. The Morgan fingerprint density at radius 3 is 2.42 bits per heavy atom. The summed E-state index contributed by atoms with van der Waals surface area (Å²) in [6.07, 6.45) is 4.07. The number of anilines is 2. The summed E-state index contributed by atoms with van der Waals surface area (Å²) in [7, 11) is 0. The van der Waals surface area contributed by atoms with Crippen molar-refractivity contribution in [3.05, 3.63) is 78.1 Å². The summed E-state index contributed by atoms with van der Waals surface area (Å²) in [6.45, 7) is 1.31. The van der Waals surface area contributed by atoms with Gasteiger partial charge in [-0.1, -0.05) is 18.2 Å². The third-order valence-corrected chi connectivity index (χ3v) is 3.48. The van der Waals surface area contributed by atoms with E-state index < -0.39 is 0 Å². The maximum Gasteiger partial charge on any atom is 0.131 e. The highest BCUT2D eigenvalue weighted by atomic mass is 19.1. The minimum Gasteiger partial charge on any atom is -0.370 e. The lowest BCUT2D eigenvalue weighted by Gasteiger charge is -2.08. The second-order valence-electron chi connectivity index (χ2n) is 5.27. The van der Waals surface area contributed by atoms with Crippen LogP contribution in [-0.4, -0.2) is 21.5 Å². The van der Waals surface area contributed by atoms with Crippen LogP contribution in [0, 0.1) is 5.82 Å². The number of hydrogen-bond donors (Lipinski definition) is 2. The molecule has 5 nitrogen and oxygen atoms in total. The summed E-state index contributed by atoms with van der Waals surface area (Å²) < 4.78 is 12.9. The fourth-order valence-corrected chi connectivity index (χ4v) is 2.22. The molecular formula is C18H18FN5. The van der Waals surface area contributed by atoms with Crippen molar-refractivity contribution in [3.63, 3.8) is 0 Å². The Bertz CT molecular complexity index is 762. The number of aromatic nitrogens is 3. The summed E-state index contributed by atoms with van der Waals surface area (Å²) in [5.74, 6) is 1.27. The Labute approximate surface area is 140 Å². The molecule has 24 heavy (non-hydrogen) atoms. The Hall–Kier alpha value is -3.02. The van der Waals surface area contributed by atoms with Crippen molar-refractivity contribution in [2.45, 2.75) is 13.0 Å². The first kappa shape index (κ1) is 15.9. The zero-order valence-corrected chi connectivity index (χ0v) is 13.1. The van der Waals surface area contributed by atoms with Crippen LogP contribution < -0.4 is 10.6 Å². The van der Waals surface area contributed by atoms with Crippen molar-refractivity contribution in [3.8, 4) is 0 Å². The second kappa shape index (κ2) is 8.01. The van der Waals surface area contributed by atoms with E-state index in [1.165, 1.54) is 18.5 Å². The third kappa shape index (κ3) is 4.74. The van der Waals surface area contributed by atoms with E-state index in [0.717, 1.165) is 29.3 Å². The van der Waals surface area contributed by atoms with E-state index in [-0.39, 0.29) is 5.82 Å². The van der Waals surface area contributed by atoms with Gasteiger partial charge in [0.05, 0.1) is 12.2 Å². The molecule has 2 N–H and O–H groups in total. The largest absolute Gasteiger partial charge is 0.370 e. The molecule has 0 atom stereocenters. The highest BCUT2D eigenvalue weighted by Crippen LogP contribution is 2.10. The molecule has 0 unspecified atom stereocenters. The molecule has 2 aromatic heterocycles. The van der Waals surface area contributed by atoms with Crippen LogP contribution >= 0.6 is 0 Å². The van der Waals surface area contributed by atoms with Gasteiger partial charge < -0.3 is 10.6 Å². The molecule has 0 spiro atoms. The van der Waals surface area contributed by atoms with E-state index in [0.29, 0.717) is 13.1 Å². The highest BCUT2D eigenvalue weighted by molar-refractivity contribution is 5.46. The summed E-state index contributed by atoms with van der Waals surface area (Å²) in [5.41, 5.74) is 2.02. The Morgan fingerprint density at radius 1 is 0.875 bits per heavy atom. The number of nitrogens with one attached hydrogen (secondary N) is 2. The molecule has 0 aliphatic rings. The van der Waals surface area contributed by atoms with E-state index in [1.807, 2.05) is 24.3 Å². The van der Waals surface area contributed by atoms with Gasteiger partial charge in [0.25, 0.3) is 0 Å². The van der Waals surface area contributed by atoms with Gasteiger partial charge in [0.15, 0.2) is 0 Å². The first-order valence-corrected chi connectivity index (χ1v) is 7.74. The van der Waals surface area contributed by atoms with Crippen molar-refractivity contribution in [2.24, 2.45) is 0 Å². The smallest absolute Gasteiger partial charge is 0.131 e. The molecule has 1 aromatic carbocycles. The lowest BCUT2D eigenvalue weighted by molar-refractivity contribution is 0.627. The van der Waals surface area contributed by atoms with Crippen LogP contribution in [0.1, 0.15) is 11.3 Å². The molecule has 0 saturated carbocycles. The highest BCUT2D eigenvalue weighted by Gasteiger charge is 2.00. The number of benzene rings is 1. The van der Waals surface area contributed by atoms with Crippen LogP contribution in [0.4, 0.5) is 16.0 Å². The number of pyridine rings is 1. The van der Waals surface area contributed by atoms with Gasteiger partial charge in [0, 0.05) is 18.8 Å². The molecule has 0 amide bonds. The fraction of sp³-hybridized carbons (Fsp3) is 0.167. The minimum absolute atomic E-state index is 0.217. The van der Waals surface area contributed by atoms with Crippen molar-refractivity contribution < 1.29 is 4.39 Å². The van der Waals surface area contributed by atoms with Gasteiger partial charge >= 0.3 is 0 Å². The van der Waals surface area contributed by atoms with Crippen LogP contribution in [0.25, 0.3) is 0 Å². The van der Waals surface area contributed by atoms with Gasteiger partial charge in [-0.2, -0.15) is 0 Å². The molecular weight excluding hydrogens is 305 g/mol. The lowest BCUT2D eigenvalue weighted by atomic mass is 10.1. The standard InChI is InChI=1S/C18H18FN5/c19-15-6-4-14(5-7-15)8-10-21-17-11-18(24-13-23-17)22-12-16-3-1-2-9-20-16/h1-7,9,11,13H,8,10,12H2,(H2,21,22,23,24). The molecule has 0 aliphatic carbocycles. The summed E-state index contributed by atoms with van der Waals surface area (Å²) >= 11 is 0. The number of halogens is 1. The molecule has 0 radical (unpaired) electrons. The van der Waals surface area contributed by atoms with Crippen LogP contribution in [0.5, 0.6) is 0 Å². The Kier molecular flexibility index (Phi) is 5.29. The van der Waals surface area contributed by atoms with E-state index in [4.69, 9.17) is 0 Å². The van der Waals surface area contributed by atoms with Crippen molar-refractivity contribution in [2.75, 3.05) is 17.2 Å². The Balaban J connectivity index is 1.50. The van der Waals surface area contributed by atoms with Crippen molar-refractivity contribution >= 4 is 11.6 Å². The lowest BCUT2D eigenvalue weighted by Crippen LogP contribution is -2.08. The molecule has 3 aromatic rings. The predicted molar refractivity (Wildman–Crippen MR) is 92.2 cm³/mol. The van der Waals surface area contributed by atoms with E-state index in [2.05, 4.69) is 25.6 Å². The second-order valence-corrected chi connectivity index (χ2v) is 5.27. The van der Waals surface area contributed by atoms with E-state index in [1.54, 1.807) is 18.3 Å². The zero-order valence-electron chi connectivity index (χ0n) is 13.1. The van der Waals surface area contributed by atoms with E-state index in [9.17, 15) is 4.39 Å². The SMILES string of the molecule is Fc1ccc(CCNc2cc(NCc3ccccn3)ncn2)cc1. The number of nitrogens with zero attached hydrogens (tertiary/aromatic N) is 3. The topological polar surface area (TPSA) is 62.7 Å². The normalized spacial score (nSPS) is 10.4. The number of rotatable bonds is 7. The van der Waals surface area contributed by atoms with Crippen LogP contribution in [-0.2, 0) is 13.0 Å². The molecule has 0 aliphatic heterocycles. The van der Waals surface area contributed by atoms with Crippen LogP contribution in [0.2, 0.25) is 0 Å². The minimum atomic E-state index is -0.217. The van der Waals surface area contributed by atoms with Gasteiger partial charge in [0.2, 0.25) is 0 Å². The van der Waals surface area contributed by atoms with Crippen molar-refractivity contribution in [1.29, 1.82) is 0 Å². The molecule has 2 heterocycles.